The van der Waals surface area contributed by atoms with Crippen LogP contribution in [0.1, 0.15) is 23.6 Å². The van der Waals surface area contributed by atoms with Gasteiger partial charge >= 0.3 is 0 Å². The lowest BCUT2D eigenvalue weighted by Crippen LogP contribution is -2.21. The number of rotatable bonds is 6. The topological polar surface area (TPSA) is 15.6 Å². The van der Waals surface area contributed by atoms with E-state index in [0.29, 0.717) is 15.7 Å². The molecule has 0 atom stereocenters. The van der Waals surface area contributed by atoms with Gasteiger partial charge in [-0.15, -0.1) is 0 Å². The summed E-state index contributed by atoms with van der Waals surface area (Å²) in [5.74, 6) is 0. The minimum atomic E-state index is 0.554. The molecule has 2 nitrogen and oxygen atoms in total. The molecule has 0 spiro atoms. The summed E-state index contributed by atoms with van der Waals surface area (Å²) in [5.41, 5.74) is 5.06. The molecule has 0 radical (unpaired) electrons. The molecule has 0 N–H and O–H groups in total. The lowest BCUT2D eigenvalue weighted by atomic mass is 10.1. The Morgan fingerprint density at radius 3 is 2.30 bits per heavy atom. The van der Waals surface area contributed by atoms with Gasteiger partial charge in [0, 0.05) is 25.0 Å². The molecule has 0 amide bonds. The van der Waals surface area contributed by atoms with Crippen molar-refractivity contribution in [3.8, 4) is 0 Å². The Kier molecular flexibility index (Phi) is 6.54. The van der Waals surface area contributed by atoms with Gasteiger partial charge in [-0.3, -0.25) is 4.99 Å². The van der Waals surface area contributed by atoms with Crippen LogP contribution in [-0.4, -0.2) is 12.8 Å². The standard InChI is InChI=1S/C23H22Cl2N2/c1-3-27(16-19-7-5-4-6-8-19)20-12-10-18(11-13-20)15-26-23-21(24)14-9-17(2)22(23)25/h4-15H,3,16H2,1-2H3. The summed E-state index contributed by atoms with van der Waals surface area (Å²) < 4.78 is 0. The Balaban J connectivity index is 1.76. The van der Waals surface area contributed by atoms with Crippen molar-refractivity contribution in [2.24, 2.45) is 4.99 Å². The number of halogens is 2. The number of nitrogens with zero attached hydrogens (tertiary/aromatic N) is 2. The predicted molar refractivity (Wildman–Crippen MR) is 118 cm³/mol. The fourth-order valence-corrected chi connectivity index (χ4v) is 3.33. The van der Waals surface area contributed by atoms with Crippen molar-refractivity contribution < 1.29 is 0 Å². The Hall–Kier alpha value is -2.29. The quantitative estimate of drug-likeness (QED) is 0.406. The zero-order chi connectivity index (χ0) is 19.2. The van der Waals surface area contributed by atoms with Crippen LogP contribution in [-0.2, 0) is 6.54 Å². The summed E-state index contributed by atoms with van der Waals surface area (Å²) in [6.07, 6.45) is 1.80. The molecule has 138 valence electrons. The molecule has 0 aliphatic carbocycles. The molecule has 0 fully saturated rings. The number of aryl methyl sites for hydroxylation is 1. The first kappa shape index (κ1) is 19.5. The molecule has 3 aromatic rings. The molecule has 0 unspecified atom stereocenters. The summed E-state index contributed by atoms with van der Waals surface area (Å²) in [6, 6.07) is 22.6. The van der Waals surface area contributed by atoms with Crippen molar-refractivity contribution in [3.63, 3.8) is 0 Å². The van der Waals surface area contributed by atoms with Gasteiger partial charge in [0.15, 0.2) is 0 Å². The molecule has 0 saturated heterocycles. The minimum absolute atomic E-state index is 0.554. The van der Waals surface area contributed by atoms with Crippen molar-refractivity contribution in [1.29, 1.82) is 0 Å². The average Bonchev–Trinajstić information content (AvgIpc) is 2.70. The van der Waals surface area contributed by atoms with E-state index in [1.54, 1.807) is 6.21 Å². The minimum Gasteiger partial charge on any atom is -0.367 e. The highest BCUT2D eigenvalue weighted by atomic mass is 35.5. The van der Waals surface area contributed by atoms with Gasteiger partial charge in [0.25, 0.3) is 0 Å². The van der Waals surface area contributed by atoms with Crippen LogP contribution in [0.3, 0.4) is 0 Å². The second kappa shape index (κ2) is 9.07. The van der Waals surface area contributed by atoms with Crippen LogP contribution in [0.15, 0.2) is 71.7 Å². The van der Waals surface area contributed by atoms with Gasteiger partial charge in [-0.05, 0) is 48.7 Å². The molecule has 0 aliphatic heterocycles. The summed E-state index contributed by atoms with van der Waals surface area (Å²) in [5, 5.41) is 1.15. The summed E-state index contributed by atoms with van der Waals surface area (Å²) in [6.45, 7) is 5.94. The van der Waals surface area contributed by atoms with Crippen LogP contribution in [0, 0.1) is 6.92 Å². The number of hydrogen-bond donors (Lipinski definition) is 0. The van der Waals surface area contributed by atoms with Gasteiger partial charge in [0.2, 0.25) is 0 Å². The summed E-state index contributed by atoms with van der Waals surface area (Å²) >= 11 is 12.5. The largest absolute Gasteiger partial charge is 0.367 e. The zero-order valence-corrected chi connectivity index (χ0v) is 17.0. The van der Waals surface area contributed by atoms with Crippen LogP contribution in [0.4, 0.5) is 11.4 Å². The molecule has 0 saturated carbocycles. The van der Waals surface area contributed by atoms with Crippen LogP contribution < -0.4 is 4.90 Å². The lowest BCUT2D eigenvalue weighted by molar-refractivity contribution is 0.832. The first-order chi connectivity index (χ1) is 13.1. The Morgan fingerprint density at radius 2 is 1.63 bits per heavy atom. The van der Waals surface area contributed by atoms with Gasteiger partial charge in [-0.1, -0.05) is 71.7 Å². The molecular formula is C23H22Cl2N2. The predicted octanol–water partition coefficient (Wildman–Crippen LogP) is 7.08. The Labute approximate surface area is 171 Å². The molecular weight excluding hydrogens is 375 g/mol. The fourth-order valence-electron chi connectivity index (χ4n) is 2.86. The van der Waals surface area contributed by atoms with Crippen molar-refractivity contribution in [1.82, 2.24) is 0 Å². The van der Waals surface area contributed by atoms with Gasteiger partial charge in [-0.2, -0.15) is 0 Å². The van der Waals surface area contributed by atoms with Crippen LogP contribution in [0.25, 0.3) is 0 Å². The van der Waals surface area contributed by atoms with Gasteiger partial charge in [0.05, 0.1) is 10.0 Å². The molecule has 4 heteroatoms. The number of anilines is 1. The highest BCUT2D eigenvalue weighted by Gasteiger charge is 2.07. The molecule has 0 bridgehead atoms. The van der Waals surface area contributed by atoms with E-state index < -0.39 is 0 Å². The molecule has 27 heavy (non-hydrogen) atoms. The summed E-state index contributed by atoms with van der Waals surface area (Å²) in [4.78, 5) is 6.83. The van der Waals surface area contributed by atoms with Gasteiger partial charge in [0.1, 0.15) is 5.69 Å². The number of hydrogen-bond acceptors (Lipinski definition) is 2. The molecule has 0 aliphatic rings. The maximum atomic E-state index is 6.32. The zero-order valence-electron chi connectivity index (χ0n) is 15.5. The molecule has 3 aromatic carbocycles. The maximum absolute atomic E-state index is 6.32. The summed E-state index contributed by atoms with van der Waals surface area (Å²) in [7, 11) is 0. The number of aliphatic imine (C=N–C) groups is 1. The third-order valence-electron chi connectivity index (χ3n) is 4.46. The van der Waals surface area contributed by atoms with E-state index in [0.717, 1.165) is 24.2 Å². The van der Waals surface area contributed by atoms with E-state index in [4.69, 9.17) is 23.2 Å². The first-order valence-corrected chi connectivity index (χ1v) is 9.71. The lowest BCUT2D eigenvalue weighted by Gasteiger charge is -2.23. The first-order valence-electron chi connectivity index (χ1n) is 8.96. The van der Waals surface area contributed by atoms with Crippen molar-refractivity contribution in [2.45, 2.75) is 20.4 Å². The van der Waals surface area contributed by atoms with Crippen molar-refractivity contribution in [3.05, 3.63) is 93.5 Å². The second-order valence-corrected chi connectivity index (χ2v) is 7.16. The fraction of sp³-hybridized carbons (Fsp3) is 0.174. The van der Waals surface area contributed by atoms with E-state index in [1.165, 1.54) is 11.3 Å². The monoisotopic (exact) mass is 396 g/mol. The SMILES string of the molecule is CCN(Cc1ccccc1)c1ccc(C=Nc2c(Cl)ccc(C)c2Cl)cc1. The van der Waals surface area contributed by atoms with Crippen LogP contribution >= 0.6 is 23.2 Å². The molecule has 0 heterocycles. The van der Waals surface area contributed by atoms with E-state index in [2.05, 4.69) is 65.3 Å². The van der Waals surface area contributed by atoms with Gasteiger partial charge in [-0.25, -0.2) is 0 Å². The van der Waals surface area contributed by atoms with E-state index in [1.807, 2.05) is 25.1 Å². The van der Waals surface area contributed by atoms with E-state index >= 15 is 0 Å². The van der Waals surface area contributed by atoms with Crippen LogP contribution in [0.2, 0.25) is 10.0 Å². The van der Waals surface area contributed by atoms with E-state index in [9.17, 15) is 0 Å². The second-order valence-electron chi connectivity index (χ2n) is 6.38. The molecule has 3 rings (SSSR count). The number of benzene rings is 3. The third kappa shape index (κ3) is 4.91. The highest BCUT2D eigenvalue weighted by molar-refractivity contribution is 6.39. The maximum Gasteiger partial charge on any atom is 0.100 e. The van der Waals surface area contributed by atoms with Crippen molar-refractivity contribution in [2.75, 3.05) is 11.4 Å². The van der Waals surface area contributed by atoms with Crippen LogP contribution in [0.5, 0.6) is 0 Å². The highest BCUT2D eigenvalue weighted by Crippen LogP contribution is 2.35. The normalized spacial score (nSPS) is 11.1. The smallest absolute Gasteiger partial charge is 0.100 e. The van der Waals surface area contributed by atoms with Gasteiger partial charge < -0.3 is 4.90 Å². The van der Waals surface area contributed by atoms with E-state index in [-0.39, 0.29) is 0 Å². The van der Waals surface area contributed by atoms with Crippen molar-refractivity contribution >= 4 is 40.8 Å². The molecule has 0 aromatic heterocycles. The average molecular weight is 397 g/mol. The third-order valence-corrected chi connectivity index (χ3v) is 5.24. The Morgan fingerprint density at radius 1 is 0.926 bits per heavy atom. The Bertz CT molecular complexity index is 919.